The molecule has 3 aromatic carbocycles. The minimum Gasteiger partial charge on any atom is -0.508 e. The highest BCUT2D eigenvalue weighted by molar-refractivity contribution is 6.31. The maximum Gasteiger partial charge on any atom is 0.123 e. The first-order valence-electron chi connectivity index (χ1n) is 11.5. The summed E-state index contributed by atoms with van der Waals surface area (Å²) in [5.74, 6) is -0.148. The van der Waals surface area contributed by atoms with Crippen LogP contribution < -0.4 is 0 Å². The standard InChI is InChI=1S/C28H29ClFN3O/c1-2-3-16-33(21-32-17-15-31-20-32)28(23-7-5-4-6-8-23,24-10-12-25(30)13-11-24)19-22-9-14-26(34)18-27(22)29/h4-15,17-18,20,34H,2-3,16,19,21H2,1H3. The van der Waals surface area contributed by atoms with Crippen molar-refractivity contribution in [3.8, 4) is 5.75 Å². The number of hydrogen-bond donors (Lipinski definition) is 1. The average molecular weight is 478 g/mol. The number of imidazole rings is 1. The Bertz CT molecular complexity index is 1180. The highest BCUT2D eigenvalue weighted by Crippen LogP contribution is 2.42. The predicted molar refractivity (Wildman–Crippen MR) is 134 cm³/mol. The molecule has 1 unspecified atom stereocenters. The molecule has 1 atom stereocenters. The zero-order valence-corrected chi connectivity index (χ0v) is 20.0. The monoisotopic (exact) mass is 477 g/mol. The van der Waals surface area contributed by atoms with Gasteiger partial charge in [0.05, 0.1) is 18.5 Å². The highest BCUT2D eigenvalue weighted by atomic mass is 35.5. The largest absolute Gasteiger partial charge is 0.508 e. The van der Waals surface area contributed by atoms with E-state index >= 15 is 0 Å². The van der Waals surface area contributed by atoms with E-state index in [1.807, 2.05) is 48.9 Å². The van der Waals surface area contributed by atoms with Crippen LogP contribution in [0.1, 0.15) is 36.5 Å². The number of hydrogen-bond acceptors (Lipinski definition) is 3. The van der Waals surface area contributed by atoms with Crippen LogP contribution in [0.5, 0.6) is 5.75 Å². The van der Waals surface area contributed by atoms with Crippen molar-refractivity contribution in [3.63, 3.8) is 0 Å². The molecule has 0 spiro atoms. The molecule has 4 nitrogen and oxygen atoms in total. The molecule has 6 heteroatoms. The molecule has 4 rings (SSSR count). The molecule has 0 aliphatic carbocycles. The van der Waals surface area contributed by atoms with Crippen molar-refractivity contribution in [3.05, 3.63) is 119 Å². The number of rotatable bonds is 10. The molecule has 1 heterocycles. The molecule has 34 heavy (non-hydrogen) atoms. The topological polar surface area (TPSA) is 41.3 Å². The Labute approximate surface area is 205 Å². The van der Waals surface area contributed by atoms with Gasteiger partial charge in [0.2, 0.25) is 0 Å². The van der Waals surface area contributed by atoms with E-state index < -0.39 is 5.54 Å². The maximum absolute atomic E-state index is 14.0. The lowest BCUT2D eigenvalue weighted by Crippen LogP contribution is -2.50. The molecule has 176 valence electrons. The Balaban J connectivity index is 1.96. The van der Waals surface area contributed by atoms with Crippen LogP contribution in [-0.2, 0) is 18.6 Å². The van der Waals surface area contributed by atoms with Crippen LogP contribution in [0.2, 0.25) is 5.02 Å². The van der Waals surface area contributed by atoms with Crippen molar-refractivity contribution in [2.24, 2.45) is 0 Å². The molecule has 1 aromatic heterocycles. The Kier molecular flexibility index (Phi) is 7.66. The minimum atomic E-state index is -0.644. The Morgan fingerprint density at radius 1 is 1.03 bits per heavy atom. The van der Waals surface area contributed by atoms with E-state index in [9.17, 15) is 9.50 Å². The summed E-state index contributed by atoms with van der Waals surface area (Å²) in [6.45, 7) is 3.59. The number of nitrogens with zero attached hydrogens (tertiary/aromatic N) is 3. The quantitative estimate of drug-likeness (QED) is 0.279. The van der Waals surface area contributed by atoms with E-state index in [4.69, 9.17) is 11.6 Å². The number of benzene rings is 3. The van der Waals surface area contributed by atoms with Crippen LogP contribution in [0, 0.1) is 5.82 Å². The van der Waals surface area contributed by atoms with Crippen LogP contribution in [-0.4, -0.2) is 26.1 Å². The fraction of sp³-hybridized carbons (Fsp3) is 0.250. The second-order valence-electron chi connectivity index (χ2n) is 8.52. The first-order chi connectivity index (χ1) is 16.5. The number of halogens is 2. The number of phenolic OH excluding ortho intramolecular Hbond substituents is 1. The zero-order chi connectivity index (χ0) is 24.0. The average Bonchev–Trinajstić information content (AvgIpc) is 3.36. The summed E-state index contributed by atoms with van der Waals surface area (Å²) in [7, 11) is 0. The fourth-order valence-corrected chi connectivity index (χ4v) is 4.78. The number of phenols is 1. The lowest BCUT2D eigenvalue weighted by atomic mass is 9.76. The van der Waals surface area contributed by atoms with Gasteiger partial charge in [-0.2, -0.15) is 0 Å². The third kappa shape index (κ3) is 5.16. The van der Waals surface area contributed by atoms with Gasteiger partial charge in [0.25, 0.3) is 0 Å². The molecule has 0 bridgehead atoms. The molecule has 0 saturated carbocycles. The second-order valence-corrected chi connectivity index (χ2v) is 8.93. The van der Waals surface area contributed by atoms with Crippen molar-refractivity contribution in [1.29, 1.82) is 0 Å². The Morgan fingerprint density at radius 2 is 1.76 bits per heavy atom. The van der Waals surface area contributed by atoms with Gasteiger partial charge >= 0.3 is 0 Å². The number of aromatic nitrogens is 2. The molecule has 0 amide bonds. The normalized spacial score (nSPS) is 13.2. The van der Waals surface area contributed by atoms with E-state index in [0.29, 0.717) is 18.1 Å². The van der Waals surface area contributed by atoms with Gasteiger partial charge < -0.3 is 9.67 Å². The zero-order valence-electron chi connectivity index (χ0n) is 19.2. The van der Waals surface area contributed by atoms with Gasteiger partial charge in [0, 0.05) is 30.4 Å². The van der Waals surface area contributed by atoms with Gasteiger partial charge in [-0.15, -0.1) is 0 Å². The second kappa shape index (κ2) is 10.9. The van der Waals surface area contributed by atoms with E-state index in [2.05, 4.69) is 33.5 Å². The fourth-order valence-electron chi connectivity index (χ4n) is 4.54. The van der Waals surface area contributed by atoms with Crippen LogP contribution in [0.3, 0.4) is 0 Å². The molecule has 0 aliphatic heterocycles. The number of unbranched alkanes of at least 4 members (excludes halogenated alkanes) is 1. The van der Waals surface area contributed by atoms with Crippen molar-refractivity contribution >= 4 is 11.6 Å². The van der Waals surface area contributed by atoms with Crippen molar-refractivity contribution in [1.82, 2.24) is 14.5 Å². The number of aromatic hydroxyl groups is 1. The van der Waals surface area contributed by atoms with Crippen molar-refractivity contribution < 1.29 is 9.50 Å². The first-order valence-corrected chi connectivity index (χ1v) is 11.9. The van der Waals surface area contributed by atoms with Gasteiger partial charge in [0.15, 0.2) is 0 Å². The van der Waals surface area contributed by atoms with Crippen molar-refractivity contribution in [2.45, 2.75) is 38.4 Å². The van der Waals surface area contributed by atoms with E-state index in [1.54, 1.807) is 18.3 Å². The van der Waals surface area contributed by atoms with E-state index in [-0.39, 0.29) is 11.6 Å². The summed E-state index contributed by atoms with van der Waals surface area (Å²) in [5.41, 5.74) is 2.32. The third-order valence-corrected chi connectivity index (χ3v) is 6.62. The first kappa shape index (κ1) is 24.0. The molecule has 4 aromatic rings. The van der Waals surface area contributed by atoms with Gasteiger partial charge in [-0.05, 0) is 47.4 Å². The van der Waals surface area contributed by atoms with Crippen LogP contribution in [0.15, 0.2) is 91.5 Å². The van der Waals surface area contributed by atoms with Gasteiger partial charge in [0.1, 0.15) is 11.6 Å². The van der Waals surface area contributed by atoms with Crippen LogP contribution in [0.25, 0.3) is 0 Å². The summed E-state index contributed by atoms with van der Waals surface area (Å²) >= 11 is 6.63. The third-order valence-electron chi connectivity index (χ3n) is 6.27. The molecule has 0 radical (unpaired) electrons. The van der Waals surface area contributed by atoms with Crippen LogP contribution >= 0.6 is 11.6 Å². The highest BCUT2D eigenvalue weighted by Gasteiger charge is 2.41. The lowest BCUT2D eigenvalue weighted by Gasteiger charge is -2.46. The summed E-state index contributed by atoms with van der Waals surface area (Å²) < 4.78 is 16.1. The minimum absolute atomic E-state index is 0.127. The summed E-state index contributed by atoms with van der Waals surface area (Å²) in [4.78, 5) is 6.66. The van der Waals surface area contributed by atoms with Gasteiger partial charge in [-0.3, -0.25) is 4.90 Å². The SMILES string of the molecule is CCCCN(Cn1ccnc1)C(Cc1ccc(O)cc1Cl)(c1ccccc1)c1ccc(F)cc1. The van der Waals surface area contributed by atoms with Gasteiger partial charge in [-0.25, -0.2) is 9.37 Å². The van der Waals surface area contributed by atoms with Gasteiger partial charge in [-0.1, -0.05) is 73.5 Å². The summed E-state index contributed by atoms with van der Waals surface area (Å²) in [5, 5.41) is 10.5. The Morgan fingerprint density at radius 3 is 2.41 bits per heavy atom. The molecule has 0 aliphatic rings. The molecule has 0 saturated heterocycles. The summed E-state index contributed by atoms with van der Waals surface area (Å²) in [6.07, 6.45) is 8.11. The molecule has 1 N–H and O–H groups in total. The maximum atomic E-state index is 14.0. The molecular formula is C28H29ClFN3O. The summed E-state index contributed by atoms with van der Waals surface area (Å²) in [6, 6.07) is 22.1. The lowest BCUT2D eigenvalue weighted by molar-refractivity contribution is 0.0813. The molecule has 0 fully saturated rings. The van der Waals surface area contributed by atoms with E-state index in [1.165, 1.54) is 12.1 Å². The van der Waals surface area contributed by atoms with E-state index in [0.717, 1.165) is 36.1 Å². The van der Waals surface area contributed by atoms with Crippen molar-refractivity contribution in [2.75, 3.05) is 6.54 Å². The smallest absolute Gasteiger partial charge is 0.123 e. The predicted octanol–water partition coefficient (Wildman–Crippen LogP) is 6.63. The molecular weight excluding hydrogens is 449 g/mol. The van der Waals surface area contributed by atoms with Crippen LogP contribution in [0.4, 0.5) is 4.39 Å². The Hall–Kier alpha value is -3.15.